The molecular weight excluding hydrogens is 387 g/mol. The molecule has 7 nitrogen and oxygen atoms in total. The number of rotatable bonds is 5. The maximum atomic E-state index is 13.5. The number of pyridine rings is 1. The third-order valence-electron chi connectivity index (χ3n) is 4.45. The summed E-state index contributed by atoms with van der Waals surface area (Å²) in [4.78, 5) is 33.0. The molecule has 0 saturated heterocycles. The molecule has 8 heteroatoms. The van der Waals surface area contributed by atoms with Crippen LogP contribution in [0.3, 0.4) is 0 Å². The smallest absolute Gasteiger partial charge is 0.263 e. The zero-order valence-corrected chi connectivity index (χ0v) is 16.0. The summed E-state index contributed by atoms with van der Waals surface area (Å²) < 4.78 is 20.4. The summed E-state index contributed by atoms with van der Waals surface area (Å²) in [6.45, 7) is -0.179. The first kappa shape index (κ1) is 19.3. The van der Waals surface area contributed by atoms with Gasteiger partial charge in [-0.25, -0.2) is 14.4 Å². The normalized spacial score (nSPS) is 10.7. The summed E-state index contributed by atoms with van der Waals surface area (Å²) in [6.07, 6.45) is 1.58. The summed E-state index contributed by atoms with van der Waals surface area (Å²) in [6, 6.07) is 15.9. The number of anilines is 1. The van der Waals surface area contributed by atoms with E-state index in [-0.39, 0.29) is 18.1 Å². The largest absolute Gasteiger partial charge is 0.484 e. The summed E-state index contributed by atoms with van der Waals surface area (Å²) in [5.41, 5.74) is 0.687. The third kappa shape index (κ3) is 4.02. The molecule has 2 aromatic carbocycles. The van der Waals surface area contributed by atoms with Crippen LogP contribution in [0.5, 0.6) is 5.75 Å². The summed E-state index contributed by atoms with van der Waals surface area (Å²) in [7, 11) is 1.61. The Balaban J connectivity index is 1.50. The Morgan fingerprint density at radius 1 is 1.13 bits per heavy atom. The second-order valence-corrected chi connectivity index (χ2v) is 6.54. The molecule has 1 N–H and O–H groups in total. The van der Waals surface area contributed by atoms with Gasteiger partial charge in [0.15, 0.2) is 6.61 Å². The van der Waals surface area contributed by atoms with Gasteiger partial charge in [0, 0.05) is 24.9 Å². The molecule has 0 atom stereocenters. The molecule has 0 aliphatic carbocycles. The average Bonchev–Trinajstić information content (AvgIpc) is 2.76. The summed E-state index contributed by atoms with van der Waals surface area (Å²) in [5, 5.41) is 2.98. The van der Waals surface area contributed by atoms with Crippen molar-refractivity contribution < 1.29 is 13.9 Å². The molecule has 1 amide bonds. The van der Waals surface area contributed by atoms with Crippen LogP contribution in [0.2, 0.25) is 0 Å². The van der Waals surface area contributed by atoms with Gasteiger partial charge < -0.3 is 10.1 Å². The van der Waals surface area contributed by atoms with Crippen molar-refractivity contribution in [1.29, 1.82) is 0 Å². The van der Waals surface area contributed by atoms with Gasteiger partial charge in [0.25, 0.3) is 11.5 Å². The molecule has 150 valence electrons. The van der Waals surface area contributed by atoms with E-state index < -0.39 is 5.82 Å². The van der Waals surface area contributed by atoms with Crippen molar-refractivity contribution in [3.8, 4) is 17.1 Å². The lowest BCUT2D eigenvalue weighted by Crippen LogP contribution is -2.21. The maximum absolute atomic E-state index is 13.5. The van der Waals surface area contributed by atoms with Crippen molar-refractivity contribution >= 4 is 22.6 Å². The Kier molecular flexibility index (Phi) is 5.21. The number of carbonyl (C=O) groups is 1. The van der Waals surface area contributed by atoms with Gasteiger partial charge in [0.2, 0.25) is 0 Å². The van der Waals surface area contributed by atoms with E-state index in [0.717, 1.165) is 0 Å². The van der Waals surface area contributed by atoms with Crippen molar-refractivity contribution in [2.75, 3.05) is 11.9 Å². The quantitative estimate of drug-likeness (QED) is 0.552. The van der Waals surface area contributed by atoms with Crippen molar-refractivity contribution in [2.45, 2.75) is 0 Å². The molecular formula is C22H17FN4O3. The minimum absolute atomic E-state index is 0.179. The van der Waals surface area contributed by atoms with Crippen LogP contribution in [0.15, 0.2) is 71.7 Å². The van der Waals surface area contributed by atoms with E-state index >= 15 is 0 Å². The lowest BCUT2D eigenvalue weighted by molar-refractivity contribution is -0.118. The Bertz CT molecular complexity index is 1270. The average molecular weight is 404 g/mol. The number of aromatic nitrogens is 3. The van der Waals surface area contributed by atoms with Crippen LogP contribution in [0, 0.1) is 5.82 Å². The highest BCUT2D eigenvalue weighted by molar-refractivity contribution is 5.90. The monoisotopic (exact) mass is 404 g/mol. The second kappa shape index (κ2) is 8.12. The number of halogens is 1. The van der Waals surface area contributed by atoms with E-state index in [1.54, 1.807) is 55.7 Å². The Morgan fingerprint density at radius 3 is 2.67 bits per heavy atom. The van der Waals surface area contributed by atoms with Gasteiger partial charge in [-0.05, 0) is 48.5 Å². The molecule has 0 spiro atoms. The predicted octanol–water partition coefficient (Wildman–Crippen LogP) is 3.15. The van der Waals surface area contributed by atoms with E-state index in [0.29, 0.717) is 33.9 Å². The number of nitrogens with zero attached hydrogens (tertiary/aromatic N) is 3. The number of carbonyl (C=O) groups excluding carboxylic acids is 1. The fourth-order valence-electron chi connectivity index (χ4n) is 2.97. The van der Waals surface area contributed by atoms with Crippen LogP contribution in [0.4, 0.5) is 10.2 Å². The maximum Gasteiger partial charge on any atom is 0.263 e. The molecule has 2 heterocycles. The molecule has 0 unspecified atom stereocenters. The van der Waals surface area contributed by atoms with Crippen LogP contribution in [0.25, 0.3) is 22.3 Å². The first-order chi connectivity index (χ1) is 14.5. The molecule has 0 aliphatic rings. The van der Waals surface area contributed by atoms with E-state index in [1.807, 2.05) is 0 Å². The number of hydrogen-bond donors (Lipinski definition) is 1. The zero-order chi connectivity index (χ0) is 21.1. The van der Waals surface area contributed by atoms with Gasteiger partial charge in [-0.1, -0.05) is 6.07 Å². The Morgan fingerprint density at radius 2 is 1.93 bits per heavy atom. The van der Waals surface area contributed by atoms with E-state index in [1.165, 1.54) is 22.8 Å². The molecule has 0 bridgehead atoms. The van der Waals surface area contributed by atoms with E-state index in [9.17, 15) is 14.0 Å². The number of nitrogens with one attached hydrogen (secondary N) is 1. The molecule has 30 heavy (non-hydrogen) atoms. The van der Waals surface area contributed by atoms with Crippen molar-refractivity contribution in [3.05, 3.63) is 83.0 Å². The topological polar surface area (TPSA) is 86.1 Å². The number of fused-ring (bicyclic) bond motifs is 1. The highest BCUT2D eigenvalue weighted by Crippen LogP contribution is 2.22. The van der Waals surface area contributed by atoms with Crippen LogP contribution in [0.1, 0.15) is 0 Å². The number of hydrogen-bond acceptors (Lipinski definition) is 5. The summed E-state index contributed by atoms with van der Waals surface area (Å²) >= 11 is 0. The van der Waals surface area contributed by atoms with Gasteiger partial charge >= 0.3 is 0 Å². The van der Waals surface area contributed by atoms with Crippen LogP contribution >= 0.6 is 0 Å². The molecule has 4 aromatic rings. The van der Waals surface area contributed by atoms with Gasteiger partial charge in [-0.3, -0.25) is 14.2 Å². The van der Waals surface area contributed by atoms with Gasteiger partial charge in [-0.15, -0.1) is 0 Å². The van der Waals surface area contributed by atoms with Gasteiger partial charge in [-0.2, -0.15) is 0 Å². The molecule has 4 rings (SSSR count). The number of benzene rings is 2. The molecule has 2 aromatic heterocycles. The van der Waals surface area contributed by atoms with Crippen molar-refractivity contribution in [1.82, 2.24) is 14.5 Å². The first-order valence-corrected chi connectivity index (χ1v) is 9.12. The molecule has 0 radical (unpaired) electrons. The Labute approximate surface area is 170 Å². The van der Waals surface area contributed by atoms with Crippen LogP contribution < -0.4 is 15.6 Å². The van der Waals surface area contributed by atoms with Gasteiger partial charge in [0.05, 0.1) is 10.9 Å². The first-order valence-electron chi connectivity index (χ1n) is 9.12. The third-order valence-corrected chi connectivity index (χ3v) is 4.45. The number of ether oxygens (including phenoxy) is 1. The summed E-state index contributed by atoms with van der Waals surface area (Å²) in [5.74, 6) is 0.533. The number of amides is 1. The van der Waals surface area contributed by atoms with E-state index in [2.05, 4.69) is 15.3 Å². The molecule has 0 aliphatic heterocycles. The molecule has 0 saturated carbocycles. The minimum atomic E-state index is -0.457. The molecule has 0 fully saturated rings. The standard InChI is InChI=1S/C22H17FN4O3/c1-27-21(25-18-12-15(23)7-10-17(18)22(27)29)14-5-8-16(9-6-14)30-13-20(28)26-19-4-2-3-11-24-19/h2-12H,13H2,1H3,(H,24,26,28). The van der Waals surface area contributed by atoms with Crippen LogP contribution in [-0.2, 0) is 11.8 Å². The predicted molar refractivity (Wildman–Crippen MR) is 111 cm³/mol. The van der Waals surface area contributed by atoms with Crippen LogP contribution in [-0.4, -0.2) is 27.0 Å². The highest BCUT2D eigenvalue weighted by atomic mass is 19.1. The van der Waals surface area contributed by atoms with Crippen molar-refractivity contribution in [3.63, 3.8) is 0 Å². The Hall–Kier alpha value is -4.07. The van der Waals surface area contributed by atoms with Gasteiger partial charge in [0.1, 0.15) is 23.2 Å². The second-order valence-electron chi connectivity index (χ2n) is 6.54. The fourth-order valence-corrected chi connectivity index (χ4v) is 2.97. The highest BCUT2D eigenvalue weighted by Gasteiger charge is 2.11. The fraction of sp³-hybridized carbons (Fsp3) is 0.0909. The lowest BCUT2D eigenvalue weighted by Gasteiger charge is -2.11. The van der Waals surface area contributed by atoms with Crippen molar-refractivity contribution in [2.24, 2.45) is 7.05 Å². The van der Waals surface area contributed by atoms with E-state index in [4.69, 9.17) is 4.74 Å². The zero-order valence-electron chi connectivity index (χ0n) is 16.0. The SMILES string of the molecule is Cn1c(-c2ccc(OCC(=O)Nc3ccccn3)cc2)nc2cc(F)ccc2c1=O. The minimum Gasteiger partial charge on any atom is -0.484 e. The lowest BCUT2D eigenvalue weighted by atomic mass is 10.1.